The number of hydrogen-bond acceptors (Lipinski definition) is 2. The maximum absolute atomic E-state index is 13.4. The number of halogens is 3. The van der Waals surface area contributed by atoms with Crippen molar-refractivity contribution in [1.82, 2.24) is 5.32 Å². The van der Waals surface area contributed by atoms with Crippen LogP contribution in [0.2, 0.25) is 10.0 Å². The quantitative estimate of drug-likeness (QED) is 0.843. The van der Waals surface area contributed by atoms with Crippen molar-refractivity contribution in [2.24, 2.45) is 0 Å². The standard InChI is InChI=1S/C15H12Cl2FNO2/c16-11-7-12(17)13(18)6-10(11)15(21)19-14(8-20)9-4-2-1-3-5-9/h1-7,14,20H,8H2,(H,19,21)/t14-/m1/s1. The Hall–Kier alpha value is -1.62. The van der Waals surface area contributed by atoms with E-state index in [9.17, 15) is 14.3 Å². The molecule has 3 nitrogen and oxygen atoms in total. The second-order valence-corrected chi connectivity index (χ2v) is 5.18. The van der Waals surface area contributed by atoms with Gasteiger partial charge in [-0.2, -0.15) is 0 Å². The number of carbonyl (C=O) groups excluding carboxylic acids is 1. The summed E-state index contributed by atoms with van der Waals surface area (Å²) in [5.41, 5.74) is 0.701. The number of aliphatic hydroxyl groups excluding tert-OH is 1. The van der Waals surface area contributed by atoms with Crippen LogP contribution in [-0.2, 0) is 0 Å². The number of carbonyl (C=O) groups is 1. The van der Waals surface area contributed by atoms with Gasteiger partial charge in [-0.25, -0.2) is 4.39 Å². The molecule has 21 heavy (non-hydrogen) atoms. The summed E-state index contributed by atoms with van der Waals surface area (Å²) >= 11 is 11.5. The lowest BCUT2D eigenvalue weighted by Crippen LogP contribution is -2.31. The minimum atomic E-state index is -0.730. The van der Waals surface area contributed by atoms with Crippen LogP contribution in [0.3, 0.4) is 0 Å². The molecule has 0 bridgehead atoms. The summed E-state index contributed by atoms with van der Waals surface area (Å²) in [4.78, 5) is 12.2. The summed E-state index contributed by atoms with van der Waals surface area (Å²) < 4.78 is 13.4. The van der Waals surface area contributed by atoms with Crippen LogP contribution in [0.5, 0.6) is 0 Å². The molecule has 2 aromatic rings. The largest absolute Gasteiger partial charge is 0.394 e. The highest BCUT2D eigenvalue weighted by molar-refractivity contribution is 6.36. The minimum absolute atomic E-state index is 0.0343. The number of rotatable bonds is 4. The average molecular weight is 328 g/mol. The summed E-state index contributed by atoms with van der Waals surface area (Å²) in [6, 6.07) is 10.5. The van der Waals surface area contributed by atoms with E-state index in [2.05, 4.69) is 5.32 Å². The van der Waals surface area contributed by atoms with Gasteiger partial charge in [0.05, 0.1) is 28.3 Å². The van der Waals surface area contributed by atoms with E-state index in [-0.39, 0.29) is 22.2 Å². The Bertz CT molecular complexity index is 650. The number of hydrogen-bond donors (Lipinski definition) is 2. The third kappa shape index (κ3) is 3.73. The first-order valence-corrected chi connectivity index (χ1v) is 6.89. The van der Waals surface area contributed by atoms with Crippen molar-refractivity contribution >= 4 is 29.1 Å². The monoisotopic (exact) mass is 327 g/mol. The van der Waals surface area contributed by atoms with Crippen LogP contribution >= 0.6 is 23.2 Å². The molecule has 0 aromatic heterocycles. The van der Waals surface area contributed by atoms with Gasteiger partial charge in [-0.15, -0.1) is 0 Å². The van der Waals surface area contributed by atoms with Gasteiger partial charge in [0.15, 0.2) is 0 Å². The van der Waals surface area contributed by atoms with E-state index in [0.717, 1.165) is 11.6 Å². The zero-order valence-corrected chi connectivity index (χ0v) is 12.3. The van der Waals surface area contributed by atoms with E-state index in [1.165, 1.54) is 6.07 Å². The fourth-order valence-corrected chi connectivity index (χ4v) is 2.32. The Morgan fingerprint density at radius 3 is 2.48 bits per heavy atom. The van der Waals surface area contributed by atoms with Crippen LogP contribution in [0, 0.1) is 5.82 Å². The lowest BCUT2D eigenvalue weighted by molar-refractivity contribution is 0.0916. The summed E-state index contributed by atoms with van der Waals surface area (Å²) in [5, 5.41) is 11.9. The second-order valence-electron chi connectivity index (χ2n) is 4.37. The second kappa shape index (κ2) is 6.89. The highest BCUT2D eigenvalue weighted by atomic mass is 35.5. The van der Waals surface area contributed by atoms with Gasteiger partial charge >= 0.3 is 0 Å². The zero-order chi connectivity index (χ0) is 15.4. The number of nitrogens with one attached hydrogen (secondary N) is 1. The molecule has 0 aliphatic heterocycles. The summed E-state index contributed by atoms with van der Waals surface area (Å²) in [6.45, 7) is -0.288. The van der Waals surface area contributed by atoms with Gasteiger partial charge in [-0.05, 0) is 17.7 Å². The van der Waals surface area contributed by atoms with Gasteiger partial charge in [-0.1, -0.05) is 53.5 Å². The molecule has 0 radical (unpaired) electrons. The van der Waals surface area contributed by atoms with Crippen molar-refractivity contribution < 1.29 is 14.3 Å². The highest BCUT2D eigenvalue weighted by Crippen LogP contribution is 2.25. The summed E-state index contributed by atoms with van der Waals surface area (Å²) in [6.07, 6.45) is 0. The van der Waals surface area contributed by atoms with Gasteiger partial charge in [0.2, 0.25) is 0 Å². The van der Waals surface area contributed by atoms with Crippen molar-refractivity contribution in [2.75, 3.05) is 6.61 Å². The molecular weight excluding hydrogens is 316 g/mol. The Morgan fingerprint density at radius 2 is 1.86 bits per heavy atom. The lowest BCUT2D eigenvalue weighted by atomic mass is 10.1. The predicted octanol–water partition coefficient (Wildman–Crippen LogP) is 3.60. The molecule has 2 N–H and O–H groups in total. The van der Waals surface area contributed by atoms with Crippen LogP contribution in [0.1, 0.15) is 22.0 Å². The van der Waals surface area contributed by atoms with Gasteiger partial charge in [0, 0.05) is 0 Å². The number of aliphatic hydroxyl groups is 1. The third-order valence-corrected chi connectivity index (χ3v) is 3.55. The first-order chi connectivity index (χ1) is 10.0. The first kappa shape index (κ1) is 15.8. The van der Waals surface area contributed by atoms with Gasteiger partial charge < -0.3 is 10.4 Å². The summed E-state index contributed by atoms with van der Waals surface area (Å²) in [5.74, 6) is -1.31. The molecule has 0 unspecified atom stereocenters. The molecule has 2 rings (SSSR count). The molecule has 110 valence electrons. The number of amides is 1. The van der Waals surface area contributed by atoms with E-state index in [1.54, 1.807) is 24.3 Å². The van der Waals surface area contributed by atoms with Crippen LogP contribution in [0.4, 0.5) is 4.39 Å². The molecule has 0 fully saturated rings. The molecule has 1 atom stereocenters. The van der Waals surface area contributed by atoms with Crippen molar-refractivity contribution in [1.29, 1.82) is 0 Å². The molecule has 0 spiro atoms. The van der Waals surface area contributed by atoms with Crippen LogP contribution < -0.4 is 5.32 Å². The fraction of sp³-hybridized carbons (Fsp3) is 0.133. The van der Waals surface area contributed by atoms with Crippen LogP contribution in [0.15, 0.2) is 42.5 Å². The van der Waals surface area contributed by atoms with Gasteiger partial charge in [0.1, 0.15) is 5.82 Å². The zero-order valence-electron chi connectivity index (χ0n) is 10.8. The highest BCUT2D eigenvalue weighted by Gasteiger charge is 2.18. The Balaban J connectivity index is 2.23. The van der Waals surface area contributed by atoms with E-state index >= 15 is 0 Å². The Kier molecular flexibility index (Phi) is 5.17. The van der Waals surface area contributed by atoms with Gasteiger partial charge in [-0.3, -0.25) is 4.79 Å². The first-order valence-electron chi connectivity index (χ1n) is 6.14. The maximum atomic E-state index is 13.4. The smallest absolute Gasteiger partial charge is 0.253 e. The fourth-order valence-electron chi connectivity index (χ4n) is 1.85. The molecule has 0 heterocycles. The topological polar surface area (TPSA) is 49.3 Å². The van der Waals surface area contributed by atoms with Crippen molar-refractivity contribution in [3.63, 3.8) is 0 Å². The van der Waals surface area contributed by atoms with E-state index < -0.39 is 17.8 Å². The van der Waals surface area contributed by atoms with E-state index in [0.29, 0.717) is 0 Å². The molecule has 0 aliphatic carbocycles. The molecule has 0 saturated carbocycles. The van der Waals surface area contributed by atoms with E-state index in [1.807, 2.05) is 6.07 Å². The molecule has 0 saturated heterocycles. The van der Waals surface area contributed by atoms with Crippen molar-refractivity contribution in [3.8, 4) is 0 Å². The Labute approximate surface area is 131 Å². The van der Waals surface area contributed by atoms with Crippen molar-refractivity contribution in [3.05, 3.63) is 69.5 Å². The van der Waals surface area contributed by atoms with Crippen molar-refractivity contribution in [2.45, 2.75) is 6.04 Å². The lowest BCUT2D eigenvalue weighted by Gasteiger charge is -2.17. The summed E-state index contributed by atoms with van der Waals surface area (Å²) in [7, 11) is 0. The van der Waals surface area contributed by atoms with Crippen LogP contribution in [-0.4, -0.2) is 17.6 Å². The van der Waals surface area contributed by atoms with E-state index in [4.69, 9.17) is 23.2 Å². The molecule has 2 aromatic carbocycles. The molecule has 0 aliphatic rings. The minimum Gasteiger partial charge on any atom is -0.394 e. The normalized spacial score (nSPS) is 12.0. The third-order valence-electron chi connectivity index (χ3n) is 2.94. The average Bonchev–Trinajstić information content (AvgIpc) is 2.49. The van der Waals surface area contributed by atoms with Crippen LogP contribution in [0.25, 0.3) is 0 Å². The SMILES string of the molecule is O=C(N[C@H](CO)c1ccccc1)c1cc(F)c(Cl)cc1Cl. The Morgan fingerprint density at radius 1 is 1.19 bits per heavy atom. The maximum Gasteiger partial charge on any atom is 0.253 e. The molecule has 6 heteroatoms. The predicted molar refractivity (Wildman–Crippen MR) is 80.2 cm³/mol. The number of benzene rings is 2. The molecular formula is C15H12Cl2FNO2. The van der Waals surface area contributed by atoms with Gasteiger partial charge in [0.25, 0.3) is 5.91 Å². The molecule has 1 amide bonds.